The molecule has 21 heavy (non-hydrogen) atoms. The molecule has 0 fully saturated rings. The molecule has 0 radical (unpaired) electrons. The third-order valence-electron chi connectivity index (χ3n) is 3.31. The number of hydrogen-bond acceptors (Lipinski definition) is 3. The van der Waals surface area contributed by atoms with Crippen LogP contribution in [0.25, 0.3) is 11.1 Å². The van der Waals surface area contributed by atoms with Gasteiger partial charge in [0.1, 0.15) is 6.61 Å². The molecule has 110 valence electrons. The first-order valence-corrected chi connectivity index (χ1v) is 6.98. The van der Waals surface area contributed by atoms with Gasteiger partial charge in [0, 0.05) is 12.6 Å². The van der Waals surface area contributed by atoms with Gasteiger partial charge in [-0.25, -0.2) is 4.79 Å². The Labute approximate surface area is 124 Å². The maximum Gasteiger partial charge on any atom is 0.404 e. The van der Waals surface area contributed by atoms with Crippen molar-refractivity contribution in [1.82, 2.24) is 5.32 Å². The Morgan fingerprint density at radius 3 is 2.33 bits per heavy atom. The Hall–Kier alpha value is -2.33. The van der Waals surface area contributed by atoms with Crippen LogP contribution in [-0.2, 0) is 4.74 Å². The second kappa shape index (κ2) is 7.45. The lowest BCUT2D eigenvalue weighted by Gasteiger charge is -2.14. The Balaban J connectivity index is 1.91. The van der Waals surface area contributed by atoms with Gasteiger partial charge in [0.15, 0.2) is 0 Å². The normalized spacial score (nSPS) is 11.9. The molecule has 2 aromatic carbocycles. The lowest BCUT2D eigenvalue weighted by molar-refractivity contribution is 0.156. The van der Waals surface area contributed by atoms with Crippen LogP contribution in [0.1, 0.15) is 18.5 Å². The Morgan fingerprint density at radius 1 is 1.10 bits per heavy atom. The van der Waals surface area contributed by atoms with Gasteiger partial charge in [0.05, 0.1) is 0 Å². The zero-order chi connectivity index (χ0) is 15.1. The number of carbonyl (C=O) groups is 1. The molecule has 2 aromatic rings. The summed E-state index contributed by atoms with van der Waals surface area (Å²) in [5.41, 5.74) is 8.50. The lowest BCUT2D eigenvalue weighted by atomic mass is 10.0. The molecule has 1 atom stereocenters. The van der Waals surface area contributed by atoms with Crippen LogP contribution in [0, 0.1) is 0 Å². The van der Waals surface area contributed by atoms with E-state index in [2.05, 4.69) is 53.4 Å². The molecule has 0 aliphatic carbocycles. The first-order valence-electron chi connectivity index (χ1n) is 6.98. The molecule has 3 N–H and O–H groups in total. The average Bonchev–Trinajstić information content (AvgIpc) is 2.52. The van der Waals surface area contributed by atoms with Crippen LogP contribution in [0.2, 0.25) is 0 Å². The van der Waals surface area contributed by atoms with E-state index in [1.807, 2.05) is 18.2 Å². The smallest absolute Gasteiger partial charge is 0.404 e. The van der Waals surface area contributed by atoms with Gasteiger partial charge in [0.25, 0.3) is 0 Å². The standard InChI is InChI=1S/C17H20N2O2/c1-13(19-11-12-21-17(18)20)14-7-9-16(10-8-14)15-5-3-2-4-6-15/h2-10,13,19H,11-12H2,1H3,(H2,18,20). The molecule has 0 spiro atoms. The number of nitrogens with two attached hydrogens (primary N) is 1. The molecule has 0 saturated heterocycles. The molecule has 0 heterocycles. The third kappa shape index (κ3) is 4.61. The van der Waals surface area contributed by atoms with Crippen LogP contribution in [0.4, 0.5) is 4.79 Å². The second-order valence-electron chi connectivity index (χ2n) is 4.83. The summed E-state index contributed by atoms with van der Waals surface area (Å²) >= 11 is 0. The predicted molar refractivity (Wildman–Crippen MR) is 83.8 cm³/mol. The van der Waals surface area contributed by atoms with E-state index >= 15 is 0 Å². The Kier molecular flexibility index (Phi) is 5.35. The largest absolute Gasteiger partial charge is 0.448 e. The van der Waals surface area contributed by atoms with Crippen molar-refractivity contribution in [2.24, 2.45) is 5.73 Å². The minimum atomic E-state index is -0.739. The fourth-order valence-corrected chi connectivity index (χ4v) is 2.14. The average molecular weight is 284 g/mol. The van der Waals surface area contributed by atoms with Crippen molar-refractivity contribution < 1.29 is 9.53 Å². The first-order chi connectivity index (χ1) is 10.2. The minimum Gasteiger partial charge on any atom is -0.448 e. The van der Waals surface area contributed by atoms with Crippen LogP contribution >= 0.6 is 0 Å². The van der Waals surface area contributed by atoms with Crippen LogP contribution in [-0.4, -0.2) is 19.2 Å². The van der Waals surface area contributed by atoms with Crippen molar-refractivity contribution >= 4 is 6.09 Å². The predicted octanol–water partition coefficient (Wildman–Crippen LogP) is 3.10. The molecular weight excluding hydrogens is 264 g/mol. The minimum absolute atomic E-state index is 0.186. The van der Waals surface area contributed by atoms with Crippen LogP contribution < -0.4 is 11.1 Å². The fraction of sp³-hybridized carbons (Fsp3) is 0.235. The van der Waals surface area contributed by atoms with Crippen molar-refractivity contribution in [3.63, 3.8) is 0 Å². The molecule has 1 unspecified atom stereocenters. The highest BCUT2D eigenvalue weighted by Crippen LogP contribution is 2.21. The third-order valence-corrected chi connectivity index (χ3v) is 3.31. The maximum atomic E-state index is 10.5. The second-order valence-corrected chi connectivity index (χ2v) is 4.83. The van der Waals surface area contributed by atoms with Gasteiger partial charge < -0.3 is 15.8 Å². The van der Waals surface area contributed by atoms with E-state index in [-0.39, 0.29) is 12.6 Å². The number of benzene rings is 2. The Morgan fingerprint density at radius 2 is 1.71 bits per heavy atom. The quantitative estimate of drug-likeness (QED) is 0.801. The van der Waals surface area contributed by atoms with Gasteiger partial charge in [-0.15, -0.1) is 0 Å². The van der Waals surface area contributed by atoms with Crippen LogP contribution in [0.5, 0.6) is 0 Å². The fourth-order valence-electron chi connectivity index (χ4n) is 2.14. The zero-order valence-electron chi connectivity index (χ0n) is 12.1. The lowest BCUT2D eigenvalue weighted by Crippen LogP contribution is -2.25. The number of amides is 1. The van der Waals surface area contributed by atoms with Gasteiger partial charge in [-0.3, -0.25) is 0 Å². The molecular formula is C17H20N2O2. The van der Waals surface area contributed by atoms with E-state index in [9.17, 15) is 4.79 Å². The van der Waals surface area contributed by atoms with Crippen molar-refractivity contribution in [3.8, 4) is 11.1 Å². The molecule has 0 aromatic heterocycles. The van der Waals surface area contributed by atoms with E-state index in [1.165, 1.54) is 16.7 Å². The summed E-state index contributed by atoms with van der Waals surface area (Å²) in [6.07, 6.45) is -0.739. The monoisotopic (exact) mass is 284 g/mol. The highest BCUT2D eigenvalue weighted by Gasteiger charge is 2.05. The molecule has 0 aliphatic heterocycles. The van der Waals surface area contributed by atoms with Gasteiger partial charge in [-0.2, -0.15) is 0 Å². The van der Waals surface area contributed by atoms with Gasteiger partial charge in [0.2, 0.25) is 0 Å². The number of primary amides is 1. The highest BCUT2D eigenvalue weighted by atomic mass is 16.5. The number of carbonyl (C=O) groups excluding carboxylic acids is 1. The molecule has 0 saturated carbocycles. The van der Waals surface area contributed by atoms with Gasteiger partial charge in [-0.05, 0) is 23.6 Å². The zero-order valence-corrected chi connectivity index (χ0v) is 12.1. The molecule has 4 nitrogen and oxygen atoms in total. The number of ether oxygens (including phenoxy) is 1. The van der Waals surface area contributed by atoms with E-state index in [0.29, 0.717) is 6.54 Å². The summed E-state index contributed by atoms with van der Waals surface area (Å²) in [6.45, 7) is 2.92. The van der Waals surface area contributed by atoms with Gasteiger partial charge >= 0.3 is 6.09 Å². The van der Waals surface area contributed by atoms with Crippen molar-refractivity contribution in [2.45, 2.75) is 13.0 Å². The van der Waals surface area contributed by atoms with Crippen LogP contribution in [0.3, 0.4) is 0 Å². The maximum absolute atomic E-state index is 10.5. The summed E-state index contributed by atoms with van der Waals surface area (Å²) in [5.74, 6) is 0. The SMILES string of the molecule is CC(NCCOC(N)=O)c1ccc(-c2ccccc2)cc1. The van der Waals surface area contributed by atoms with Crippen molar-refractivity contribution in [3.05, 3.63) is 60.2 Å². The summed E-state index contributed by atoms with van der Waals surface area (Å²) in [4.78, 5) is 10.5. The molecule has 0 bridgehead atoms. The molecule has 1 amide bonds. The summed E-state index contributed by atoms with van der Waals surface area (Å²) in [7, 11) is 0. The van der Waals surface area contributed by atoms with E-state index < -0.39 is 6.09 Å². The number of hydrogen-bond donors (Lipinski definition) is 2. The van der Waals surface area contributed by atoms with Crippen LogP contribution in [0.15, 0.2) is 54.6 Å². The molecule has 4 heteroatoms. The highest BCUT2D eigenvalue weighted by molar-refractivity contribution is 5.64. The van der Waals surface area contributed by atoms with Gasteiger partial charge in [-0.1, -0.05) is 54.6 Å². The summed E-state index contributed by atoms with van der Waals surface area (Å²) in [5, 5.41) is 3.28. The summed E-state index contributed by atoms with van der Waals surface area (Å²) in [6, 6.07) is 18.9. The van der Waals surface area contributed by atoms with E-state index in [4.69, 9.17) is 5.73 Å². The number of rotatable bonds is 6. The topological polar surface area (TPSA) is 64.3 Å². The molecule has 2 rings (SSSR count). The number of nitrogens with one attached hydrogen (secondary N) is 1. The van der Waals surface area contributed by atoms with Crippen molar-refractivity contribution in [2.75, 3.05) is 13.2 Å². The summed E-state index contributed by atoms with van der Waals surface area (Å²) < 4.78 is 4.68. The Bertz CT molecular complexity index is 567. The first kappa shape index (κ1) is 15.1. The molecule has 0 aliphatic rings. The van der Waals surface area contributed by atoms with Crippen molar-refractivity contribution in [1.29, 1.82) is 0 Å². The van der Waals surface area contributed by atoms with E-state index in [1.54, 1.807) is 0 Å². The van der Waals surface area contributed by atoms with E-state index in [0.717, 1.165) is 0 Å².